The lowest BCUT2D eigenvalue weighted by Gasteiger charge is -2.37. The molecule has 0 aromatic heterocycles. The van der Waals surface area contributed by atoms with Crippen molar-refractivity contribution >= 4 is 30.2 Å². The number of carbonyl (C=O) groups is 3. The van der Waals surface area contributed by atoms with E-state index in [1.807, 2.05) is 0 Å². The van der Waals surface area contributed by atoms with Gasteiger partial charge in [0.25, 0.3) is 5.91 Å². The van der Waals surface area contributed by atoms with Crippen LogP contribution in [0, 0.1) is 12.3 Å². The van der Waals surface area contributed by atoms with Crippen LogP contribution in [0.3, 0.4) is 0 Å². The monoisotopic (exact) mass is 331 g/mol. The Hall–Kier alpha value is -1.78. The smallest absolute Gasteiger partial charge is 0.308 e. The first-order valence-corrected chi connectivity index (χ1v) is 6.83. The molecule has 0 aromatic carbocycles. The Morgan fingerprint density at radius 3 is 2.55 bits per heavy atom. The standard InChI is InChI=1S/C14H21N3O4.ClH/c1-5-11(8-13(19)21-6-2)17(10(4)18)16-9(3)7-12(15)14(16)20;/h1,9,11-12H,6-8,15H2,2-4H3;1H. The lowest BCUT2D eigenvalue weighted by atomic mass is 10.2. The summed E-state index contributed by atoms with van der Waals surface area (Å²) in [6.07, 6.45) is 5.69. The number of ether oxygens (including phenoxy) is 1. The molecule has 8 heteroatoms. The van der Waals surface area contributed by atoms with Crippen LogP contribution in [0.2, 0.25) is 0 Å². The fourth-order valence-electron chi connectivity index (χ4n) is 2.39. The predicted octanol–water partition coefficient (Wildman–Crippen LogP) is 0.0748. The van der Waals surface area contributed by atoms with Gasteiger partial charge in [0.05, 0.1) is 25.1 Å². The van der Waals surface area contributed by atoms with E-state index in [1.54, 1.807) is 13.8 Å². The van der Waals surface area contributed by atoms with Crippen molar-refractivity contribution in [2.45, 2.75) is 51.7 Å². The second kappa shape index (κ2) is 8.61. The molecule has 0 aliphatic carbocycles. The van der Waals surface area contributed by atoms with E-state index < -0.39 is 24.0 Å². The predicted molar refractivity (Wildman–Crippen MR) is 82.5 cm³/mol. The molecule has 0 radical (unpaired) electrons. The van der Waals surface area contributed by atoms with Gasteiger partial charge in [-0.2, -0.15) is 0 Å². The summed E-state index contributed by atoms with van der Waals surface area (Å²) >= 11 is 0. The quantitative estimate of drug-likeness (QED) is 0.568. The third-order valence-corrected chi connectivity index (χ3v) is 3.26. The van der Waals surface area contributed by atoms with Crippen LogP contribution < -0.4 is 5.73 Å². The molecular formula is C14H22ClN3O4. The molecule has 2 N–H and O–H groups in total. The Balaban J connectivity index is 0.00000441. The van der Waals surface area contributed by atoms with Crippen LogP contribution in [0.25, 0.3) is 0 Å². The maximum atomic E-state index is 12.1. The molecule has 124 valence electrons. The molecule has 0 saturated carbocycles. The molecule has 1 saturated heterocycles. The molecular weight excluding hydrogens is 310 g/mol. The van der Waals surface area contributed by atoms with Crippen LogP contribution in [0.5, 0.6) is 0 Å². The minimum atomic E-state index is -0.877. The molecule has 1 aliphatic heterocycles. The molecule has 22 heavy (non-hydrogen) atoms. The van der Waals surface area contributed by atoms with Crippen molar-refractivity contribution in [1.82, 2.24) is 10.0 Å². The van der Waals surface area contributed by atoms with Gasteiger partial charge in [0, 0.05) is 6.92 Å². The van der Waals surface area contributed by atoms with Gasteiger partial charge >= 0.3 is 5.97 Å². The summed E-state index contributed by atoms with van der Waals surface area (Å²) in [6, 6.07) is -1.80. The minimum absolute atomic E-state index is 0. The molecule has 1 rings (SSSR count). The molecule has 7 nitrogen and oxygen atoms in total. The first kappa shape index (κ1) is 20.2. The van der Waals surface area contributed by atoms with Crippen molar-refractivity contribution in [3.05, 3.63) is 0 Å². The molecule has 1 heterocycles. The van der Waals surface area contributed by atoms with Crippen molar-refractivity contribution in [1.29, 1.82) is 0 Å². The van der Waals surface area contributed by atoms with Gasteiger partial charge in [-0.15, -0.1) is 18.8 Å². The zero-order valence-electron chi connectivity index (χ0n) is 12.9. The molecule has 0 spiro atoms. The second-order valence-electron chi connectivity index (χ2n) is 4.93. The number of nitrogens with two attached hydrogens (primary N) is 1. The van der Waals surface area contributed by atoms with Crippen LogP contribution in [-0.2, 0) is 19.1 Å². The Kier molecular flexibility index (Phi) is 7.91. The number of terminal acetylenes is 1. The van der Waals surface area contributed by atoms with Crippen LogP contribution >= 0.6 is 12.4 Å². The van der Waals surface area contributed by atoms with Gasteiger partial charge < -0.3 is 10.5 Å². The van der Waals surface area contributed by atoms with Gasteiger partial charge in [-0.3, -0.25) is 14.4 Å². The van der Waals surface area contributed by atoms with Crippen LogP contribution in [0.1, 0.15) is 33.6 Å². The highest BCUT2D eigenvalue weighted by Gasteiger charge is 2.42. The molecule has 0 aromatic rings. The maximum absolute atomic E-state index is 12.1. The molecule has 3 unspecified atom stereocenters. The number of nitrogens with zero attached hydrogens (tertiary/aromatic N) is 2. The molecule has 1 fully saturated rings. The summed E-state index contributed by atoms with van der Waals surface area (Å²) in [6.45, 7) is 4.97. The summed E-state index contributed by atoms with van der Waals surface area (Å²) in [7, 11) is 0. The summed E-state index contributed by atoms with van der Waals surface area (Å²) < 4.78 is 4.84. The number of halogens is 1. The first-order chi connectivity index (χ1) is 9.83. The van der Waals surface area contributed by atoms with Gasteiger partial charge in [0.2, 0.25) is 5.91 Å². The fourth-order valence-corrected chi connectivity index (χ4v) is 2.39. The van der Waals surface area contributed by atoms with E-state index >= 15 is 0 Å². The van der Waals surface area contributed by atoms with E-state index in [9.17, 15) is 14.4 Å². The second-order valence-corrected chi connectivity index (χ2v) is 4.93. The number of hydrazine groups is 1. The third kappa shape index (κ3) is 4.36. The highest BCUT2D eigenvalue weighted by atomic mass is 35.5. The van der Waals surface area contributed by atoms with Gasteiger partial charge in [0.15, 0.2) is 0 Å². The van der Waals surface area contributed by atoms with E-state index in [0.717, 1.165) is 5.01 Å². The van der Waals surface area contributed by atoms with Gasteiger partial charge in [-0.05, 0) is 20.3 Å². The number of rotatable bonds is 5. The topological polar surface area (TPSA) is 92.9 Å². The normalized spacial score (nSPS) is 21.6. The SMILES string of the molecule is C#CC(CC(=O)OCC)N(C(C)=O)N1C(=O)C(N)CC1C.Cl. The van der Waals surface area contributed by atoms with Gasteiger partial charge in [0.1, 0.15) is 6.04 Å². The maximum Gasteiger partial charge on any atom is 0.308 e. The Labute approximate surface area is 136 Å². The van der Waals surface area contributed by atoms with Gasteiger partial charge in [-0.25, -0.2) is 10.0 Å². The van der Waals surface area contributed by atoms with Crippen molar-refractivity contribution in [2.24, 2.45) is 5.73 Å². The number of hydrogen-bond acceptors (Lipinski definition) is 5. The highest BCUT2D eigenvalue weighted by Crippen LogP contribution is 2.23. The van der Waals surface area contributed by atoms with E-state index in [1.165, 1.54) is 11.9 Å². The minimum Gasteiger partial charge on any atom is -0.466 e. The third-order valence-electron chi connectivity index (χ3n) is 3.26. The van der Waals surface area contributed by atoms with Crippen LogP contribution in [0.4, 0.5) is 0 Å². The zero-order chi connectivity index (χ0) is 16.2. The number of hydrogen-bond donors (Lipinski definition) is 1. The molecule has 1 aliphatic rings. The Bertz CT molecular complexity index is 477. The van der Waals surface area contributed by atoms with Crippen molar-refractivity contribution in [2.75, 3.05) is 6.61 Å². The van der Waals surface area contributed by atoms with E-state index in [2.05, 4.69) is 5.92 Å². The summed E-state index contributed by atoms with van der Waals surface area (Å²) in [5.41, 5.74) is 5.72. The molecule has 2 amide bonds. The lowest BCUT2D eigenvalue weighted by Crippen LogP contribution is -2.55. The summed E-state index contributed by atoms with van der Waals surface area (Å²) in [5, 5.41) is 2.40. The summed E-state index contributed by atoms with van der Waals surface area (Å²) in [4.78, 5) is 35.6. The van der Waals surface area contributed by atoms with E-state index in [4.69, 9.17) is 16.9 Å². The lowest BCUT2D eigenvalue weighted by molar-refractivity contribution is -0.167. The average Bonchev–Trinajstić information content (AvgIpc) is 2.64. The number of esters is 1. The zero-order valence-corrected chi connectivity index (χ0v) is 13.8. The van der Waals surface area contributed by atoms with Crippen molar-refractivity contribution < 1.29 is 19.1 Å². The Morgan fingerprint density at radius 2 is 2.18 bits per heavy atom. The van der Waals surface area contributed by atoms with Gasteiger partial charge in [-0.1, -0.05) is 5.92 Å². The highest BCUT2D eigenvalue weighted by molar-refractivity contribution is 5.87. The van der Waals surface area contributed by atoms with Crippen LogP contribution in [0.15, 0.2) is 0 Å². The first-order valence-electron chi connectivity index (χ1n) is 6.83. The van der Waals surface area contributed by atoms with Crippen LogP contribution in [-0.4, -0.2) is 52.5 Å². The van der Waals surface area contributed by atoms with Crippen molar-refractivity contribution in [3.63, 3.8) is 0 Å². The summed E-state index contributed by atoms with van der Waals surface area (Å²) in [5.74, 6) is 1.06. The van der Waals surface area contributed by atoms with E-state index in [0.29, 0.717) is 6.42 Å². The van der Waals surface area contributed by atoms with Crippen molar-refractivity contribution in [3.8, 4) is 12.3 Å². The molecule has 3 atom stereocenters. The largest absolute Gasteiger partial charge is 0.466 e. The number of carbonyl (C=O) groups excluding carboxylic acids is 3. The number of amides is 2. The Morgan fingerprint density at radius 1 is 1.59 bits per heavy atom. The fraction of sp³-hybridized carbons (Fsp3) is 0.643. The average molecular weight is 332 g/mol. The molecule has 0 bridgehead atoms. The van der Waals surface area contributed by atoms with E-state index in [-0.39, 0.29) is 37.4 Å².